The van der Waals surface area contributed by atoms with Crippen molar-refractivity contribution >= 4 is 16.7 Å². The predicted octanol–water partition coefficient (Wildman–Crippen LogP) is 3.20. The second-order valence-electron chi connectivity index (χ2n) is 6.98. The monoisotopic (exact) mass is 377 g/mol. The minimum absolute atomic E-state index is 0.118. The van der Waals surface area contributed by atoms with E-state index in [0.717, 1.165) is 36.0 Å². The van der Waals surface area contributed by atoms with E-state index in [1.807, 2.05) is 42.5 Å². The third kappa shape index (κ3) is 4.52. The van der Waals surface area contributed by atoms with Crippen molar-refractivity contribution in [3.8, 4) is 5.75 Å². The molecule has 0 saturated carbocycles. The molecule has 0 radical (unpaired) electrons. The molecule has 0 bridgehead atoms. The first-order chi connectivity index (χ1) is 13.7. The number of benzene rings is 3. The van der Waals surface area contributed by atoms with Crippen LogP contribution in [0.25, 0.3) is 10.8 Å². The molecule has 0 heterocycles. The number of fused-ring (bicyclic) bond motifs is 1. The molecule has 2 N–H and O–H groups in total. The van der Waals surface area contributed by atoms with Gasteiger partial charge in [-0.15, -0.1) is 0 Å². The summed E-state index contributed by atoms with van der Waals surface area (Å²) in [5.74, 6) is 0.477. The number of carbonyl (C=O) groups is 1. The number of rotatable bonds is 8. The summed E-state index contributed by atoms with van der Waals surface area (Å²) in [7, 11) is 1.60. The van der Waals surface area contributed by atoms with Crippen LogP contribution in [0.3, 0.4) is 0 Å². The number of hydrogen-bond donors (Lipinski definition) is 2. The zero-order chi connectivity index (χ0) is 19.9. The van der Waals surface area contributed by atoms with Crippen LogP contribution in [0, 0.1) is 0 Å². The van der Waals surface area contributed by atoms with Gasteiger partial charge in [0.1, 0.15) is 12.3 Å². The fourth-order valence-corrected chi connectivity index (χ4v) is 3.51. The van der Waals surface area contributed by atoms with Crippen LogP contribution in [0.2, 0.25) is 0 Å². The van der Waals surface area contributed by atoms with Gasteiger partial charge < -0.3 is 15.0 Å². The third-order valence-electron chi connectivity index (χ3n) is 5.31. The Hall–Kier alpha value is -2.85. The lowest BCUT2D eigenvalue weighted by atomic mass is 10.0. The maximum absolute atomic E-state index is 12.9. The molecule has 3 aromatic carbocycles. The van der Waals surface area contributed by atoms with Gasteiger partial charge in [-0.2, -0.15) is 0 Å². The average Bonchev–Trinajstić information content (AvgIpc) is 2.75. The van der Waals surface area contributed by atoms with Gasteiger partial charge in [0.15, 0.2) is 0 Å². The predicted molar refractivity (Wildman–Crippen MR) is 114 cm³/mol. The summed E-state index contributed by atoms with van der Waals surface area (Å²) in [6.07, 6.45) is 0. The van der Waals surface area contributed by atoms with Crippen molar-refractivity contribution < 1.29 is 14.4 Å². The number of quaternary nitrogens is 1. The lowest BCUT2D eigenvalue weighted by molar-refractivity contribution is -0.910. The summed E-state index contributed by atoms with van der Waals surface area (Å²) in [4.78, 5) is 14.4. The highest BCUT2D eigenvalue weighted by Crippen LogP contribution is 2.26. The molecule has 3 aromatic rings. The normalized spacial score (nSPS) is 11.0. The van der Waals surface area contributed by atoms with Gasteiger partial charge in [-0.3, -0.25) is 4.79 Å². The van der Waals surface area contributed by atoms with E-state index in [1.54, 1.807) is 7.11 Å². The Morgan fingerprint density at radius 1 is 0.929 bits per heavy atom. The van der Waals surface area contributed by atoms with Crippen molar-refractivity contribution in [2.45, 2.75) is 26.9 Å². The first kappa shape index (κ1) is 19.9. The number of methoxy groups -OCH3 is 1. The second kappa shape index (κ2) is 9.38. The zero-order valence-electron chi connectivity index (χ0n) is 16.9. The maximum atomic E-state index is 12.9. The van der Waals surface area contributed by atoms with Crippen molar-refractivity contribution in [3.63, 3.8) is 0 Å². The molecule has 0 unspecified atom stereocenters. The molecule has 0 fully saturated rings. The van der Waals surface area contributed by atoms with E-state index >= 15 is 0 Å². The lowest BCUT2D eigenvalue weighted by Gasteiger charge is -2.18. The van der Waals surface area contributed by atoms with Gasteiger partial charge in [-0.05, 0) is 42.3 Å². The maximum Gasteiger partial charge on any atom is 0.255 e. The molecular formula is C24H29N2O2+. The fraction of sp³-hybridized carbons (Fsp3) is 0.292. The van der Waals surface area contributed by atoms with Crippen LogP contribution in [-0.2, 0) is 13.1 Å². The first-order valence-corrected chi connectivity index (χ1v) is 9.91. The van der Waals surface area contributed by atoms with Crippen molar-refractivity contribution in [2.75, 3.05) is 20.2 Å². The third-order valence-corrected chi connectivity index (χ3v) is 5.31. The largest absolute Gasteiger partial charge is 0.496 e. The van der Waals surface area contributed by atoms with Crippen LogP contribution in [0.5, 0.6) is 5.75 Å². The first-order valence-electron chi connectivity index (χ1n) is 9.91. The highest BCUT2D eigenvalue weighted by atomic mass is 16.5. The van der Waals surface area contributed by atoms with Crippen molar-refractivity contribution in [1.82, 2.24) is 5.32 Å². The van der Waals surface area contributed by atoms with Crippen LogP contribution < -0.4 is 15.0 Å². The van der Waals surface area contributed by atoms with Gasteiger partial charge in [0, 0.05) is 12.1 Å². The molecule has 0 atom stereocenters. The fourth-order valence-electron chi connectivity index (χ4n) is 3.51. The minimum Gasteiger partial charge on any atom is -0.496 e. The quantitative estimate of drug-likeness (QED) is 0.633. The van der Waals surface area contributed by atoms with Gasteiger partial charge in [0.2, 0.25) is 0 Å². The molecule has 0 spiro atoms. The Bertz CT molecular complexity index is 948. The zero-order valence-corrected chi connectivity index (χ0v) is 16.9. The summed E-state index contributed by atoms with van der Waals surface area (Å²) >= 11 is 0. The Morgan fingerprint density at radius 3 is 2.18 bits per heavy atom. The molecule has 0 saturated heterocycles. The topological polar surface area (TPSA) is 42.8 Å². The number of amides is 1. The summed E-state index contributed by atoms with van der Waals surface area (Å²) in [6.45, 7) is 8.06. The summed E-state index contributed by atoms with van der Waals surface area (Å²) in [5, 5.41) is 5.16. The Morgan fingerprint density at radius 2 is 1.54 bits per heavy atom. The molecule has 4 heteroatoms. The van der Waals surface area contributed by atoms with Crippen LogP contribution in [0.1, 0.15) is 35.3 Å². The van der Waals surface area contributed by atoms with E-state index in [0.29, 0.717) is 17.9 Å². The lowest BCUT2D eigenvalue weighted by Crippen LogP contribution is -3.10. The van der Waals surface area contributed by atoms with E-state index in [9.17, 15) is 4.79 Å². The molecule has 146 valence electrons. The number of ether oxygens (including phenoxy) is 1. The molecule has 4 nitrogen and oxygen atoms in total. The van der Waals surface area contributed by atoms with Crippen LogP contribution in [-0.4, -0.2) is 26.1 Å². The Labute approximate surface area is 167 Å². The molecule has 0 aliphatic heterocycles. The van der Waals surface area contributed by atoms with E-state index in [1.165, 1.54) is 10.5 Å². The molecule has 1 amide bonds. The summed E-state index contributed by atoms with van der Waals surface area (Å²) in [6, 6.07) is 20.1. The molecule has 0 aromatic heterocycles. The standard InChI is InChI=1S/C24H28N2O2/c1-4-26(5-2)17-21-13-9-8-12-20(21)16-25-24(27)22-14-18-10-6-7-11-19(18)15-23(22)28-3/h6-15H,4-5,16-17H2,1-3H3,(H,25,27)/p+1. The molecule has 0 aliphatic rings. The van der Waals surface area contributed by atoms with Crippen LogP contribution >= 0.6 is 0 Å². The average molecular weight is 378 g/mol. The van der Waals surface area contributed by atoms with Crippen LogP contribution in [0.15, 0.2) is 60.7 Å². The number of carbonyl (C=O) groups excluding carboxylic acids is 1. The smallest absolute Gasteiger partial charge is 0.255 e. The summed E-state index contributed by atoms with van der Waals surface area (Å²) < 4.78 is 5.47. The highest BCUT2D eigenvalue weighted by molar-refractivity contribution is 6.01. The molecular weight excluding hydrogens is 348 g/mol. The van der Waals surface area contributed by atoms with Crippen LogP contribution in [0.4, 0.5) is 0 Å². The van der Waals surface area contributed by atoms with Gasteiger partial charge in [0.05, 0.1) is 25.8 Å². The number of nitrogens with one attached hydrogen (secondary N) is 2. The molecule has 0 aliphatic carbocycles. The van der Waals surface area contributed by atoms with E-state index in [-0.39, 0.29) is 5.91 Å². The SMILES string of the molecule is CC[NH+](CC)Cc1ccccc1CNC(=O)c1cc2ccccc2cc1OC. The van der Waals surface area contributed by atoms with Gasteiger partial charge in [-0.1, -0.05) is 48.5 Å². The Balaban J connectivity index is 1.79. The van der Waals surface area contributed by atoms with Crippen molar-refractivity contribution in [2.24, 2.45) is 0 Å². The summed E-state index contributed by atoms with van der Waals surface area (Å²) in [5.41, 5.74) is 3.01. The second-order valence-corrected chi connectivity index (χ2v) is 6.98. The van der Waals surface area contributed by atoms with E-state index < -0.39 is 0 Å². The van der Waals surface area contributed by atoms with E-state index in [4.69, 9.17) is 4.74 Å². The molecule has 3 rings (SSSR count). The van der Waals surface area contributed by atoms with E-state index in [2.05, 4.69) is 37.4 Å². The molecule has 28 heavy (non-hydrogen) atoms. The van der Waals surface area contributed by atoms with Crippen molar-refractivity contribution in [1.29, 1.82) is 0 Å². The van der Waals surface area contributed by atoms with Gasteiger partial charge in [0.25, 0.3) is 5.91 Å². The van der Waals surface area contributed by atoms with Crippen molar-refractivity contribution in [3.05, 3.63) is 77.4 Å². The minimum atomic E-state index is -0.118. The Kier molecular flexibility index (Phi) is 6.66. The number of hydrogen-bond acceptors (Lipinski definition) is 2. The van der Waals surface area contributed by atoms with Gasteiger partial charge in [-0.25, -0.2) is 0 Å². The highest BCUT2D eigenvalue weighted by Gasteiger charge is 2.15. The van der Waals surface area contributed by atoms with Gasteiger partial charge >= 0.3 is 0 Å².